The molecule has 0 unspecified atom stereocenters. The van der Waals surface area contributed by atoms with Crippen LogP contribution in [0.3, 0.4) is 0 Å². The largest absolute Gasteiger partial charge is 0.534 e. The van der Waals surface area contributed by atoms with Crippen LogP contribution in [-0.4, -0.2) is 73.4 Å². The molecule has 2 aromatic rings. The first-order chi connectivity index (χ1) is 18.8. The Balaban J connectivity index is 1.90. The van der Waals surface area contributed by atoms with Gasteiger partial charge in [-0.25, -0.2) is 9.78 Å². The van der Waals surface area contributed by atoms with E-state index in [0.717, 1.165) is 5.56 Å². The smallest absolute Gasteiger partial charge is 0.427 e. The summed E-state index contributed by atoms with van der Waals surface area (Å²) in [6.07, 6.45) is -0.807. The first-order valence-electron chi connectivity index (χ1n) is 12.7. The second-order valence-electron chi connectivity index (χ2n) is 11.3. The average molecular weight is 599 g/mol. The minimum Gasteiger partial charge on any atom is -0.427 e. The monoisotopic (exact) mass is 598 g/mol. The topological polar surface area (TPSA) is 122 Å². The van der Waals surface area contributed by atoms with Crippen LogP contribution < -0.4 is 4.18 Å². The Kier molecular flexibility index (Phi) is 9.27. The summed E-state index contributed by atoms with van der Waals surface area (Å²) in [4.78, 5) is 23.4. The Morgan fingerprint density at radius 2 is 1.63 bits per heavy atom. The molecule has 0 radical (unpaired) electrons. The summed E-state index contributed by atoms with van der Waals surface area (Å²) in [5.74, 6) is -0.943. The summed E-state index contributed by atoms with van der Waals surface area (Å²) in [7, 11) is -6.09. The number of piperazine rings is 1. The van der Waals surface area contributed by atoms with Crippen LogP contribution in [0.4, 0.5) is 18.0 Å². The molecular formula is C27H33F3N4O6S. The van der Waals surface area contributed by atoms with Crippen molar-refractivity contribution in [2.75, 3.05) is 32.7 Å². The van der Waals surface area contributed by atoms with Crippen LogP contribution >= 0.6 is 0 Å². The lowest BCUT2D eigenvalue weighted by molar-refractivity contribution is -0.158. The molecule has 14 heteroatoms. The van der Waals surface area contributed by atoms with Gasteiger partial charge in [0.1, 0.15) is 17.2 Å². The zero-order chi connectivity index (χ0) is 30.8. The van der Waals surface area contributed by atoms with Gasteiger partial charge < -0.3 is 13.8 Å². The number of hydroxylamine groups is 2. The number of aromatic nitrogens is 1. The summed E-state index contributed by atoms with van der Waals surface area (Å²) < 4.78 is 72.9. The van der Waals surface area contributed by atoms with Gasteiger partial charge in [-0.1, -0.05) is 43.7 Å². The summed E-state index contributed by atoms with van der Waals surface area (Å²) in [5, 5.41) is 11.3. The number of hydrogen-bond donors (Lipinski definition) is 0. The van der Waals surface area contributed by atoms with Gasteiger partial charge >= 0.3 is 21.8 Å². The van der Waals surface area contributed by atoms with Crippen LogP contribution in [0.1, 0.15) is 51.4 Å². The number of halogens is 3. The minimum absolute atomic E-state index is 0.188. The van der Waals surface area contributed by atoms with Gasteiger partial charge in [-0.3, -0.25) is 4.90 Å². The van der Waals surface area contributed by atoms with Crippen molar-refractivity contribution in [1.82, 2.24) is 14.9 Å². The molecule has 0 spiro atoms. The lowest BCUT2D eigenvalue weighted by Crippen LogP contribution is -2.50. The van der Waals surface area contributed by atoms with Gasteiger partial charge in [-0.15, -0.1) is 5.06 Å². The van der Waals surface area contributed by atoms with Crippen molar-refractivity contribution in [3.05, 3.63) is 47.2 Å². The Morgan fingerprint density at radius 1 is 1.05 bits per heavy atom. The fourth-order valence-electron chi connectivity index (χ4n) is 4.14. The van der Waals surface area contributed by atoms with Crippen molar-refractivity contribution in [2.45, 2.75) is 58.1 Å². The zero-order valence-electron chi connectivity index (χ0n) is 23.7. The number of benzene rings is 1. The molecule has 0 aliphatic carbocycles. The van der Waals surface area contributed by atoms with E-state index in [4.69, 9.17) is 9.57 Å². The first-order valence-corrected chi connectivity index (χ1v) is 14.1. The third-order valence-corrected chi connectivity index (χ3v) is 7.11. The minimum atomic E-state index is -6.09. The third-order valence-electron chi connectivity index (χ3n) is 6.17. The molecule has 1 aliphatic heterocycles. The normalized spacial score (nSPS) is 15.7. The van der Waals surface area contributed by atoms with Crippen LogP contribution in [0.2, 0.25) is 0 Å². The van der Waals surface area contributed by atoms with Crippen LogP contribution in [0, 0.1) is 18.3 Å². The van der Waals surface area contributed by atoms with Gasteiger partial charge in [0.15, 0.2) is 0 Å². The summed E-state index contributed by atoms with van der Waals surface area (Å²) in [6, 6.07) is 10.2. The molecule has 0 saturated carbocycles. The summed E-state index contributed by atoms with van der Waals surface area (Å²) in [5.41, 5.74) is -5.87. The van der Waals surface area contributed by atoms with Crippen molar-refractivity contribution in [1.29, 1.82) is 5.26 Å². The average Bonchev–Trinajstić information content (AvgIpc) is 2.83. The quantitative estimate of drug-likeness (QED) is 0.247. The fourth-order valence-corrected chi connectivity index (χ4v) is 4.56. The molecule has 0 amide bonds. The van der Waals surface area contributed by atoms with E-state index in [1.54, 1.807) is 71.0 Å². The van der Waals surface area contributed by atoms with E-state index in [9.17, 15) is 31.6 Å². The van der Waals surface area contributed by atoms with E-state index >= 15 is 0 Å². The zero-order valence-corrected chi connectivity index (χ0v) is 24.5. The SMILES string of the molecule is Cc1ccc(-c2cc(C(C)(C)CN3CCN(OC(=O)OC(C)(C)C)CC3)nc(OS(=O)(=O)C(F)(F)F)c2C#N)cc1. The standard InChI is InChI=1S/C27H33F3N4O6S/c1-18-7-9-19(10-8-18)20-15-22(32-23(21(20)16-31)40-41(36,37)27(28,29)30)26(5,6)17-33-11-13-34(14-12-33)39-24(35)38-25(2,3)4/h7-10,15H,11-14,17H2,1-6H3. The molecule has 1 saturated heterocycles. The molecule has 1 fully saturated rings. The maximum atomic E-state index is 13.2. The molecule has 1 aromatic carbocycles. The maximum absolute atomic E-state index is 13.2. The third kappa shape index (κ3) is 8.31. The van der Waals surface area contributed by atoms with Crippen LogP contribution in [0.25, 0.3) is 11.1 Å². The Labute approximate surface area is 237 Å². The Hall–Kier alpha value is -3.41. The fraction of sp³-hybridized carbons (Fsp3) is 0.519. The van der Waals surface area contributed by atoms with Crippen LogP contribution in [0.5, 0.6) is 5.88 Å². The number of aryl methyl sites for hydroxylation is 1. The molecule has 2 heterocycles. The highest BCUT2D eigenvalue weighted by Gasteiger charge is 2.49. The van der Waals surface area contributed by atoms with E-state index in [1.165, 1.54) is 5.06 Å². The molecule has 0 atom stereocenters. The van der Waals surface area contributed by atoms with Crippen molar-refractivity contribution in [3.8, 4) is 23.1 Å². The molecule has 0 bridgehead atoms. The van der Waals surface area contributed by atoms with Gasteiger partial charge in [0.2, 0.25) is 0 Å². The highest BCUT2D eigenvalue weighted by atomic mass is 32.2. The van der Waals surface area contributed by atoms with Gasteiger partial charge in [-0.05, 0) is 39.3 Å². The number of nitrogens with zero attached hydrogens (tertiary/aromatic N) is 4. The number of nitriles is 1. The van der Waals surface area contributed by atoms with Gasteiger partial charge in [0.05, 0.1) is 5.69 Å². The van der Waals surface area contributed by atoms with E-state index in [-0.39, 0.29) is 11.3 Å². The van der Waals surface area contributed by atoms with E-state index in [2.05, 4.69) is 9.17 Å². The second-order valence-corrected chi connectivity index (χ2v) is 12.9. The number of alkyl halides is 3. The number of carbonyl (C=O) groups excluding carboxylic acids is 1. The van der Waals surface area contributed by atoms with Gasteiger partial charge in [0, 0.05) is 43.7 Å². The highest BCUT2D eigenvalue weighted by Crippen LogP contribution is 2.37. The number of hydrogen-bond acceptors (Lipinski definition) is 10. The van der Waals surface area contributed by atoms with Crippen molar-refractivity contribution in [3.63, 3.8) is 0 Å². The molecular weight excluding hydrogens is 565 g/mol. The second kappa shape index (κ2) is 11.8. The lowest BCUT2D eigenvalue weighted by atomic mass is 9.85. The lowest BCUT2D eigenvalue weighted by Gasteiger charge is -2.38. The number of rotatable bonds is 7. The molecule has 1 aromatic heterocycles. The predicted octanol–water partition coefficient (Wildman–Crippen LogP) is 4.92. The number of pyridine rings is 1. The molecule has 0 N–H and O–H groups in total. The van der Waals surface area contributed by atoms with Gasteiger partial charge in [0.25, 0.3) is 5.88 Å². The van der Waals surface area contributed by atoms with Crippen molar-refractivity contribution < 1.29 is 40.1 Å². The number of carbonyl (C=O) groups is 1. The van der Waals surface area contributed by atoms with Crippen molar-refractivity contribution in [2.24, 2.45) is 0 Å². The number of ether oxygens (including phenoxy) is 1. The van der Waals surface area contributed by atoms with E-state index in [1.807, 2.05) is 11.8 Å². The summed E-state index contributed by atoms with van der Waals surface area (Å²) >= 11 is 0. The predicted molar refractivity (Wildman–Crippen MR) is 143 cm³/mol. The molecule has 224 valence electrons. The highest BCUT2D eigenvalue weighted by molar-refractivity contribution is 7.88. The summed E-state index contributed by atoms with van der Waals surface area (Å²) in [6.45, 7) is 12.7. The molecule has 10 nitrogen and oxygen atoms in total. The van der Waals surface area contributed by atoms with Crippen LogP contribution in [-0.2, 0) is 25.1 Å². The van der Waals surface area contributed by atoms with Crippen molar-refractivity contribution >= 4 is 16.3 Å². The van der Waals surface area contributed by atoms with Gasteiger partial charge in [-0.2, -0.15) is 26.9 Å². The Bertz CT molecular complexity index is 1410. The Morgan fingerprint density at radius 3 is 2.15 bits per heavy atom. The molecule has 1 aliphatic rings. The van der Waals surface area contributed by atoms with Crippen LogP contribution in [0.15, 0.2) is 30.3 Å². The molecule has 3 rings (SSSR count). The van der Waals surface area contributed by atoms with E-state index in [0.29, 0.717) is 38.3 Å². The first kappa shape index (κ1) is 32.1. The maximum Gasteiger partial charge on any atom is 0.534 e. The molecule has 41 heavy (non-hydrogen) atoms. The van der Waals surface area contributed by atoms with E-state index < -0.39 is 44.2 Å².